The molecule has 0 spiro atoms. The minimum Gasteiger partial charge on any atom is -0.452 e. The Labute approximate surface area is 173 Å². The van der Waals surface area contributed by atoms with Crippen molar-refractivity contribution in [2.75, 3.05) is 11.9 Å². The van der Waals surface area contributed by atoms with Gasteiger partial charge in [-0.25, -0.2) is 4.79 Å². The number of nitrogens with zero attached hydrogens (tertiary/aromatic N) is 1. The van der Waals surface area contributed by atoms with Crippen molar-refractivity contribution in [1.29, 1.82) is 0 Å². The monoisotopic (exact) mass is 410 g/mol. The van der Waals surface area contributed by atoms with Crippen LogP contribution in [-0.2, 0) is 9.53 Å². The van der Waals surface area contributed by atoms with Crippen LogP contribution in [0.15, 0.2) is 56.8 Å². The number of rotatable bonds is 6. The zero-order valence-corrected chi connectivity index (χ0v) is 17.6. The molecule has 1 amide bonds. The van der Waals surface area contributed by atoms with Crippen molar-refractivity contribution >= 4 is 29.3 Å². The van der Waals surface area contributed by atoms with Gasteiger partial charge in [-0.05, 0) is 75.2 Å². The maximum absolute atomic E-state index is 12.1. The molecule has 1 aromatic heterocycles. The number of ether oxygens (including phenoxy) is 1. The Balaban J connectivity index is 1.53. The van der Waals surface area contributed by atoms with E-state index in [0.717, 1.165) is 9.79 Å². The second-order valence-electron chi connectivity index (χ2n) is 6.70. The van der Waals surface area contributed by atoms with Crippen LogP contribution in [0.1, 0.15) is 32.9 Å². The molecule has 0 aliphatic heterocycles. The summed E-state index contributed by atoms with van der Waals surface area (Å²) in [7, 11) is 0. The van der Waals surface area contributed by atoms with Gasteiger partial charge in [-0.2, -0.15) is 0 Å². The molecule has 0 aliphatic carbocycles. The lowest BCUT2D eigenvalue weighted by molar-refractivity contribution is -0.119. The first-order chi connectivity index (χ1) is 13.8. The number of esters is 1. The Hall–Kier alpha value is -3.06. The summed E-state index contributed by atoms with van der Waals surface area (Å²) in [6.45, 7) is 7.06. The molecule has 6 nitrogen and oxygen atoms in total. The summed E-state index contributed by atoms with van der Waals surface area (Å²) in [4.78, 5) is 26.4. The van der Waals surface area contributed by atoms with E-state index >= 15 is 0 Å². The summed E-state index contributed by atoms with van der Waals surface area (Å²) < 4.78 is 9.98. The van der Waals surface area contributed by atoms with Crippen LogP contribution in [0, 0.1) is 27.7 Å². The average Bonchev–Trinajstić information content (AvgIpc) is 3.03. The summed E-state index contributed by atoms with van der Waals surface area (Å²) >= 11 is 1.66. The second kappa shape index (κ2) is 8.96. The normalized spacial score (nSPS) is 10.6. The molecular formula is C22H22N2O4S. The van der Waals surface area contributed by atoms with Crippen LogP contribution in [0.2, 0.25) is 0 Å². The van der Waals surface area contributed by atoms with Gasteiger partial charge < -0.3 is 14.6 Å². The number of carbonyl (C=O) groups excluding carboxylic acids is 2. The Morgan fingerprint density at radius 1 is 1.00 bits per heavy atom. The highest BCUT2D eigenvalue weighted by molar-refractivity contribution is 7.99. The molecule has 29 heavy (non-hydrogen) atoms. The molecule has 3 aromatic rings. The molecule has 1 heterocycles. The molecule has 0 atom stereocenters. The van der Waals surface area contributed by atoms with E-state index < -0.39 is 11.9 Å². The largest absolute Gasteiger partial charge is 0.452 e. The summed E-state index contributed by atoms with van der Waals surface area (Å²) in [5.41, 5.74) is 3.84. The molecule has 150 valence electrons. The van der Waals surface area contributed by atoms with E-state index in [2.05, 4.69) is 42.5 Å². The fraction of sp³-hybridized carbons (Fsp3) is 0.227. The van der Waals surface area contributed by atoms with Crippen LogP contribution in [-0.4, -0.2) is 23.6 Å². The zero-order chi connectivity index (χ0) is 21.0. The Bertz CT molecular complexity index is 1020. The van der Waals surface area contributed by atoms with Gasteiger partial charge in [0, 0.05) is 15.5 Å². The summed E-state index contributed by atoms with van der Waals surface area (Å²) in [6, 6.07) is 13.9. The molecule has 2 aromatic carbocycles. The second-order valence-corrected chi connectivity index (χ2v) is 7.84. The lowest BCUT2D eigenvalue weighted by Gasteiger charge is -2.08. The molecular weight excluding hydrogens is 388 g/mol. The topological polar surface area (TPSA) is 81.4 Å². The van der Waals surface area contributed by atoms with Crippen molar-refractivity contribution in [3.8, 4) is 0 Å². The Morgan fingerprint density at radius 3 is 2.31 bits per heavy atom. The fourth-order valence-electron chi connectivity index (χ4n) is 2.69. The molecule has 0 saturated heterocycles. The van der Waals surface area contributed by atoms with Crippen LogP contribution in [0.3, 0.4) is 0 Å². The van der Waals surface area contributed by atoms with E-state index in [0.29, 0.717) is 17.1 Å². The number of hydrogen-bond donors (Lipinski definition) is 1. The SMILES string of the molecule is Cc1ccc(Sc2ccc(NC(=O)COC(=O)c3c(C)noc3C)cc2)cc1C. The van der Waals surface area contributed by atoms with Crippen LogP contribution < -0.4 is 5.32 Å². The number of nitrogens with one attached hydrogen (secondary N) is 1. The van der Waals surface area contributed by atoms with Gasteiger partial charge in [0.15, 0.2) is 6.61 Å². The van der Waals surface area contributed by atoms with Gasteiger partial charge in [-0.1, -0.05) is 23.0 Å². The third-order valence-electron chi connectivity index (χ3n) is 4.42. The number of amides is 1. The number of hydrogen-bond acceptors (Lipinski definition) is 6. The highest BCUT2D eigenvalue weighted by atomic mass is 32.2. The summed E-state index contributed by atoms with van der Waals surface area (Å²) in [5, 5.41) is 6.42. The zero-order valence-electron chi connectivity index (χ0n) is 16.7. The van der Waals surface area contributed by atoms with Crippen molar-refractivity contribution in [3.63, 3.8) is 0 Å². The number of benzene rings is 2. The minimum absolute atomic E-state index is 0.255. The Kier molecular flexibility index (Phi) is 6.39. The summed E-state index contributed by atoms with van der Waals surface area (Å²) in [6.07, 6.45) is 0. The van der Waals surface area contributed by atoms with E-state index in [9.17, 15) is 9.59 Å². The smallest absolute Gasteiger partial charge is 0.344 e. The van der Waals surface area contributed by atoms with Gasteiger partial charge in [0.2, 0.25) is 0 Å². The highest BCUT2D eigenvalue weighted by Crippen LogP contribution is 2.29. The van der Waals surface area contributed by atoms with Crippen LogP contribution in [0.25, 0.3) is 0 Å². The number of aryl methyl sites for hydroxylation is 4. The van der Waals surface area contributed by atoms with Gasteiger partial charge in [0.25, 0.3) is 5.91 Å². The van der Waals surface area contributed by atoms with Gasteiger partial charge in [-0.15, -0.1) is 0 Å². The van der Waals surface area contributed by atoms with Crippen LogP contribution >= 0.6 is 11.8 Å². The first-order valence-electron chi connectivity index (χ1n) is 9.08. The molecule has 0 saturated carbocycles. The van der Waals surface area contributed by atoms with Crippen molar-refractivity contribution < 1.29 is 18.8 Å². The first kappa shape index (κ1) is 20.7. The average molecular weight is 410 g/mol. The van der Waals surface area contributed by atoms with Gasteiger partial charge in [-0.3, -0.25) is 4.79 Å². The van der Waals surface area contributed by atoms with Crippen molar-refractivity contribution in [3.05, 3.63) is 70.6 Å². The predicted octanol–water partition coefficient (Wildman–Crippen LogP) is 4.85. The molecule has 0 aliphatic rings. The van der Waals surface area contributed by atoms with Gasteiger partial charge >= 0.3 is 5.97 Å². The van der Waals surface area contributed by atoms with E-state index in [1.807, 2.05) is 24.3 Å². The van der Waals surface area contributed by atoms with Gasteiger partial charge in [0.05, 0.1) is 5.69 Å². The molecule has 0 bridgehead atoms. The first-order valence-corrected chi connectivity index (χ1v) is 9.90. The highest BCUT2D eigenvalue weighted by Gasteiger charge is 2.19. The standard InChI is InChI=1S/C22H22N2O4S/c1-13-5-8-19(11-14(13)2)29-18-9-6-17(7-10-18)23-20(25)12-27-22(26)21-15(3)24-28-16(21)4/h5-11H,12H2,1-4H3,(H,23,25). The van der Waals surface area contributed by atoms with E-state index in [-0.39, 0.29) is 12.2 Å². The summed E-state index contributed by atoms with van der Waals surface area (Å²) in [5.74, 6) is -0.680. The lowest BCUT2D eigenvalue weighted by Crippen LogP contribution is -2.21. The lowest BCUT2D eigenvalue weighted by atomic mass is 10.1. The quantitative estimate of drug-likeness (QED) is 0.585. The van der Waals surface area contributed by atoms with Gasteiger partial charge in [0.1, 0.15) is 11.3 Å². The van der Waals surface area contributed by atoms with Crippen LogP contribution in [0.5, 0.6) is 0 Å². The number of carbonyl (C=O) groups is 2. The number of anilines is 1. The molecule has 3 rings (SSSR count). The third-order valence-corrected chi connectivity index (χ3v) is 5.42. The van der Waals surface area contributed by atoms with Crippen LogP contribution in [0.4, 0.5) is 5.69 Å². The van der Waals surface area contributed by atoms with E-state index in [1.165, 1.54) is 11.1 Å². The van der Waals surface area contributed by atoms with Crippen molar-refractivity contribution in [2.24, 2.45) is 0 Å². The maximum atomic E-state index is 12.1. The third kappa shape index (κ3) is 5.26. The van der Waals surface area contributed by atoms with E-state index in [4.69, 9.17) is 9.26 Å². The Morgan fingerprint density at radius 2 is 1.69 bits per heavy atom. The predicted molar refractivity (Wildman–Crippen MR) is 111 cm³/mol. The minimum atomic E-state index is -0.628. The van der Waals surface area contributed by atoms with Crippen molar-refractivity contribution in [1.82, 2.24) is 5.16 Å². The maximum Gasteiger partial charge on any atom is 0.344 e. The number of aromatic nitrogens is 1. The molecule has 1 N–H and O–H groups in total. The van der Waals surface area contributed by atoms with Crippen molar-refractivity contribution in [2.45, 2.75) is 37.5 Å². The molecule has 0 unspecified atom stereocenters. The molecule has 0 radical (unpaired) electrons. The molecule has 7 heteroatoms. The van der Waals surface area contributed by atoms with E-state index in [1.54, 1.807) is 25.6 Å². The fourth-order valence-corrected chi connectivity index (χ4v) is 3.61. The molecule has 0 fully saturated rings.